The smallest absolute Gasteiger partial charge is 0.350 e. The average molecular weight is 467 g/mol. The minimum absolute atomic E-state index is 0.0790. The van der Waals surface area contributed by atoms with Crippen LogP contribution in [0.15, 0.2) is 54.6 Å². The van der Waals surface area contributed by atoms with E-state index in [2.05, 4.69) is 20.5 Å². The normalized spacial score (nSPS) is 10.6. The lowest BCUT2D eigenvalue weighted by Gasteiger charge is -2.04. The van der Waals surface area contributed by atoms with Gasteiger partial charge in [0.05, 0.1) is 12.8 Å². The molecule has 0 aliphatic heterocycles. The third-order valence-electron chi connectivity index (χ3n) is 4.34. The SMILES string of the molecule is COc1ccc(NC(=O)c2nnc(COC(=O)c3sc(-c4ccccc4)nc3C)s2)cc1. The van der Waals surface area contributed by atoms with Gasteiger partial charge in [0.25, 0.3) is 5.91 Å². The highest BCUT2D eigenvalue weighted by Crippen LogP contribution is 2.28. The van der Waals surface area contributed by atoms with Crippen LogP contribution < -0.4 is 10.1 Å². The van der Waals surface area contributed by atoms with Crippen molar-refractivity contribution in [2.24, 2.45) is 0 Å². The monoisotopic (exact) mass is 466 g/mol. The molecule has 0 spiro atoms. The Bertz CT molecular complexity index is 1240. The fourth-order valence-electron chi connectivity index (χ4n) is 2.75. The van der Waals surface area contributed by atoms with Crippen molar-refractivity contribution in [3.8, 4) is 16.3 Å². The molecule has 32 heavy (non-hydrogen) atoms. The number of nitrogens with one attached hydrogen (secondary N) is 1. The molecule has 2 aromatic heterocycles. The molecule has 0 aliphatic rings. The number of carbonyl (C=O) groups is 2. The maximum absolute atomic E-state index is 12.5. The van der Waals surface area contributed by atoms with E-state index in [-0.39, 0.29) is 11.6 Å². The highest BCUT2D eigenvalue weighted by atomic mass is 32.1. The second-order valence-corrected chi connectivity index (χ2v) is 8.62. The first-order valence-corrected chi connectivity index (χ1v) is 11.1. The molecule has 2 heterocycles. The lowest BCUT2D eigenvalue weighted by molar-refractivity contribution is 0.0476. The maximum atomic E-state index is 12.5. The number of carbonyl (C=O) groups excluding carboxylic acids is 2. The first-order valence-electron chi connectivity index (χ1n) is 9.51. The Kier molecular flexibility index (Phi) is 6.52. The Morgan fingerprint density at radius 2 is 1.75 bits per heavy atom. The van der Waals surface area contributed by atoms with E-state index < -0.39 is 11.9 Å². The van der Waals surface area contributed by atoms with Gasteiger partial charge in [-0.15, -0.1) is 21.5 Å². The van der Waals surface area contributed by atoms with E-state index in [1.165, 1.54) is 11.3 Å². The zero-order chi connectivity index (χ0) is 22.5. The first-order chi connectivity index (χ1) is 15.5. The summed E-state index contributed by atoms with van der Waals surface area (Å²) in [6, 6.07) is 16.6. The summed E-state index contributed by atoms with van der Waals surface area (Å²) < 4.78 is 10.5. The van der Waals surface area contributed by atoms with Crippen LogP contribution in [0.25, 0.3) is 10.6 Å². The molecule has 2 aromatic carbocycles. The van der Waals surface area contributed by atoms with Gasteiger partial charge in [-0.05, 0) is 31.2 Å². The lowest BCUT2D eigenvalue weighted by Crippen LogP contribution is -2.11. The molecule has 0 aliphatic carbocycles. The van der Waals surface area contributed by atoms with E-state index in [0.29, 0.717) is 27.0 Å². The molecule has 0 saturated carbocycles. The maximum Gasteiger partial charge on any atom is 0.350 e. The van der Waals surface area contributed by atoms with Crippen LogP contribution in [0, 0.1) is 6.92 Å². The van der Waals surface area contributed by atoms with Crippen molar-refractivity contribution in [2.75, 3.05) is 12.4 Å². The highest BCUT2D eigenvalue weighted by Gasteiger charge is 2.19. The quantitative estimate of drug-likeness (QED) is 0.397. The number of aromatic nitrogens is 3. The van der Waals surface area contributed by atoms with Gasteiger partial charge in [0.15, 0.2) is 5.01 Å². The number of rotatable bonds is 7. The summed E-state index contributed by atoms with van der Waals surface area (Å²) >= 11 is 2.34. The Morgan fingerprint density at radius 1 is 1.00 bits per heavy atom. The third-order valence-corrected chi connectivity index (χ3v) is 6.42. The van der Waals surface area contributed by atoms with Crippen LogP contribution in [-0.2, 0) is 11.3 Å². The standard InChI is InChI=1S/C22H18N4O4S2/c1-13-18(32-20(23-13)14-6-4-3-5-7-14)22(28)30-12-17-25-26-21(31-17)19(27)24-15-8-10-16(29-2)11-9-15/h3-11H,12H2,1-2H3,(H,24,27). The zero-order valence-electron chi connectivity index (χ0n) is 17.2. The zero-order valence-corrected chi connectivity index (χ0v) is 18.8. The second kappa shape index (κ2) is 9.67. The highest BCUT2D eigenvalue weighted by molar-refractivity contribution is 7.17. The van der Waals surface area contributed by atoms with Crippen LogP contribution in [-0.4, -0.2) is 34.2 Å². The minimum atomic E-state index is -0.485. The van der Waals surface area contributed by atoms with Crippen LogP contribution in [0.3, 0.4) is 0 Å². The van der Waals surface area contributed by atoms with E-state index >= 15 is 0 Å². The molecule has 0 radical (unpaired) electrons. The number of aryl methyl sites for hydroxylation is 1. The summed E-state index contributed by atoms with van der Waals surface area (Å²) in [5, 5.41) is 11.9. The predicted molar refractivity (Wildman–Crippen MR) is 122 cm³/mol. The van der Waals surface area contributed by atoms with Crippen molar-refractivity contribution in [1.82, 2.24) is 15.2 Å². The van der Waals surface area contributed by atoms with Crippen LogP contribution in [0.1, 0.15) is 30.2 Å². The van der Waals surface area contributed by atoms with E-state index in [1.807, 2.05) is 30.3 Å². The molecule has 10 heteroatoms. The van der Waals surface area contributed by atoms with Crippen molar-refractivity contribution in [3.63, 3.8) is 0 Å². The van der Waals surface area contributed by atoms with Crippen molar-refractivity contribution < 1.29 is 19.1 Å². The molecule has 1 amide bonds. The number of ether oxygens (including phenoxy) is 2. The predicted octanol–water partition coefficient (Wildman–Crippen LogP) is 4.59. The number of hydrogen-bond donors (Lipinski definition) is 1. The number of nitrogens with zero attached hydrogens (tertiary/aromatic N) is 3. The largest absolute Gasteiger partial charge is 0.497 e. The average Bonchev–Trinajstić information content (AvgIpc) is 3.45. The minimum Gasteiger partial charge on any atom is -0.497 e. The molecule has 0 atom stereocenters. The van der Waals surface area contributed by atoms with Gasteiger partial charge < -0.3 is 14.8 Å². The Morgan fingerprint density at radius 3 is 2.47 bits per heavy atom. The number of esters is 1. The Labute approximate surface area is 191 Å². The summed E-state index contributed by atoms with van der Waals surface area (Å²) in [6.07, 6.45) is 0. The lowest BCUT2D eigenvalue weighted by atomic mass is 10.2. The van der Waals surface area contributed by atoms with E-state index in [0.717, 1.165) is 21.9 Å². The summed E-state index contributed by atoms with van der Waals surface area (Å²) in [5.41, 5.74) is 2.15. The number of hydrogen-bond acceptors (Lipinski definition) is 9. The molecule has 4 rings (SSSR count). The molecule has 8 nitrogen and oxygen atoms in total. The number of amides is 1. The van der Waals surface area contributed by atoms with Gasteiger partial charge in [0.1, 0.15) is 22.2 Å². The van der Waals surface area contributed by atoms with Crippen molar-refractivity contribution in [1.29, 1.82) is 0 Å². The summed E-state index contributed by atoms with van der Waals surface area (Å²) in [5.74, 6) is -0.187. The Balaban J connectivity index is 1.36. The fourth-order valence-corrected chi connectivity index (χ4v) is 4.36. The molecular weight excluding hydrogens is 448 g/mol. The molecule has 0 saturated heterocycles. The molecule has 0 bridgehead atoms. The van der Waals surface area contributed by atoms with E-state index in [4.69, 9.17) is 9.47 Å². The number of methoxy groups -OCH3 is 1. The molecular formula is C22H18N4O4S2. The van der Waals surface area contributed by atoms with Gasteiger partial charge in [-0.1, -0.05) is 41.7 Å². The molecule has 162 valence electrons. The van der Waals surface area contributed by atoms with Crippen LogP contribution >= 0.6 is 22.7 Å². The van der Waals surface area contributed by atoms with E-state index in [9.17, 15) is 9.59 Å². The Hall–Kier alpha value is -3.63. The van der Waals surface area contributed by atoms with Crippen LogP contribution in [0.5, 0.6) is 5.75 Å². The molecule has 1 N–H and O–H groups in total. The fraction of sp³-hybridized carbons (Fsp3) is 0.136. The molecule has 4 aromatic rings. The van der Waals surface area contributed by atoms with Gasteiger partial charge in [-0.2, -0.15) is 0 Å². The number of thiazole rings is 1. The molecule has 0 unspecified atom stereocenters. The van der Waals surface area contributed by atoms with Gasteiger partial charge in [0.2, 0.25) is 5.01 Å². The van der Waals surface area contributed by atoms with Gasteiger partial charge in [0, 0.05) is 11.3 Å². The second-order valence-electron chi connectivity index (χ2n) is 6.56. The van der Waals surface area contributed by atoms with Gasteiger partial charge in [-0.3, -0.25) is 4.79 Å². The van der Waals surface area contributed by atoms with Crippen molar-refractivity contribution >= 4 is 40.2 Å². The van der Waals surface area contributed by atoms with E-state index in [1.54, 1.807) is 38.3 Å². The third kappa shape index (κ3) is 4.98. The summed E-state index contributed by atoms with van der Waals surface area (Å²) in [6.45, 7) is 1.69. The molecule has 0 fully saturated rings. The van der Waals surface area contributed by atoms with Crippen molar-refractivity contribution in [2.45, 2.75) is 13.5 Å². The summed E-state index contributed by atoms with van der Waals surface area (Å²) in [4.78, 5) is 29.8. The van der Waals surface area contributed by atoms with Crippen LogP contribution in [0.2, 0.25) is 0 Å². The topological polar surface area (TPSA) is 103 Å². The van der Waals surface area contributed by atoms with Crippen LogP contribution in [0.4, 0.5) is 5.69 Å². The summed E-state index contributed by atoms with van der Waals surface area (Å²) in [7, 11) is 1.57. The van der Waals surface area contributed by atoms with Gasteiger partial charge in [-0.25, -0.2) is 9.78 Å². The first kappa shape index (κ1) is 21.6. The van der Waals surface area contributed by atoms with Gasteiger partial charge >= 0.3 is 5.97 Å². The number of anilines is 1. The number of benzene rings is 2. The van der Waals surface area contributed by atoms with Crippen molar-refractivity contribution in [3.05, 3.63) is 75.2 Å².